The topological polar surface area (TPSA) is 45.7 Å². The molecule has 0 N–H and O–H groups in total. The number of hydrogen-bond acceptors (Lipinski definition) is 5. The molecule has 1 heterocycles. The molecule has 172 valence electrons. The summed E-state index contributed by atoms with van der Waals surface area (Å²) in [6, 6.07) is 11.8. The van der Waals surface area contributed by atoms with Gasteiger partial charge in [0.15, 0.2) is 11.7 Å². The SMILES string of the molecule is CCN(CC)CCN(C(=O)COc1ccc(C(C)C)cc1)c1nc2c(C)ccc(Cl)c2s1. The second kappa shape index (κ2) is 11.1. The van der Waals surface area contributed by atoms with Crippen LogP contribution in [0.1, 0.15) is 44.7 Å². The van der Waals surface area contributed by atoms with E-state index >= 15 is 0 Å². The van der Waals surface area contributed by atoms with Gasteiger partial charge in [0, 0.05) is 13.1 Å². The number of anilines is 1. The molecule has 0 atom stereocenters. The Bertz CT molecular complexity index is 1010. The maximum Gasteiger partial charge on any atom is 0.266 e. The molecule has 0 radical (unpaired) electrons. The van der Waals surface area contributed by atoms with E-state index in [1.165, 1.54) is 16.9 Å². The number of rotatable bonds is 10. The lowest BCUT2D eigenvalue weighted by Gasteiger charge is -2.24. The van der Waals surface area contributed by atoms with Crippen molar-refractivity contribution in [3.63, 3.8) is 0 Å². The van der Waals surface area contributed by atoms with E-state index < -0.39 is 0 Å². The van der Waals surface area contributed by atoms with Crippen LogP contribution in [0.15, 0.2) is 36.4 Å². The molecule has 0 saturated carbocycles. The number of nitrogens with zero attached hydrogens (tertiary/aromatic N) is 3. The van der Waals surface area contributed by atoms with Gasteiger partial charge in [0.2, 0.25) is 0 Å². The number of fused-ring (bicyclic) bond motifs is 1. The molecule has 1 aromatic heterocycles. The molecule has 0 aliphatic rings. The molecule has 32 heavy (non-hydrogen) atoms. The molecule has 0 aliphatic carbocycles. The van der Waals surface area contributed by atoms with Gasteiger partial charge in [-0.15, -0.1) is 0 Å². The summed E-state index contributed by atoms with van der Waals surface area (Å²) in [5.74, 6) is 1.03. The summed E-state index contributed by atoms with van der Waals surface area (Å²) >= 11 is 7.87. The van der Waals surface area contributed by atoms with Crippen LogP contribution in [0.2, 0.25) is 5.02 Å². The van der Waals surface area contributed by atoms with Crippen LogP contribution in [0.3, 0.4) is 0 Å². The first kappa shape index (κ1) is 24.5. The Hall–Kier alpha value is -2.15. The fourth-order valence-electron chi connectivity index (χ4n) is 3.49. The average molecular weight is 474 g/mol. The number of amides is 1. The van der Waals surface area contributed by atoms with E-state index in [0.29, 0.717) is 28.4 Å². The largest absolute Gasteiger partial charge is 0.484 e. The second-order valence-electron chi connectivity index (χ2n) is 8.12. The van der Waals surface area contributed by atoms with Crippen LogP contribution in [0.25, 0.3) is 10.2 Å². The van der Waals surface area contributed by atoms with Crippen LogP contribution in [0.4, 0.5) is 5.13 Å². The maximum absolute atomic E-state index is 13.2. The number of carbonyl (C=O) groups excluding carboxylic acids is 1. The number of hydrogen-bond donors (Lipinski definition) is 0. The normalized spacial score (nSPS) is 11.5. The van der Waals surface area contributed by atoms with Gasteiger partial charge >= 0.3 is 0 Å². The molecule has 7 heteroatoms. The van der Waals surface area contributed by atoms with Gasteiger partial charge in [-0.25, -0.2) is 4.98 Å². The van der Waals surface area contributed by atoms with Gasteiger partial charge in [0.25, 0.3) is 5.91 Å². The first-order valence-corrected chi connectivity index (χ1v) is 12.3. The zero-order valence-corrected chi connectivity index (χ0v) is 21.1. The van der Waals surface area contributed by atoms with Gasteiger partial charge in [-0.05, 0) is 55.3 Å². The highest BCUT2D eigenvalue weighted by atomic mass is 35.5. The van der Waals surface area contributed by atoms with E-state index in [-0.39, 0.29) is 12.5 Å². The first-order chi connectivity index (χ1) is 15.3. The highest BCUT2D eigenvalue weighted by Crippen LogP contribution is 2.35. The van der Waals surface area contributed by atoms with Crippen LogP contribution < -0.4 is 9.64 Å². The highest BCUT2D eigenvalue weighted by molar-refractivity contribution is 7.23. The summed E-state index contributed by atoms with van der Waals surface area (Å²) in [5.41, 5.74) is 3.14. The molecule has 3 aromatic rings. The second-order valence-corrected chi connectivity index (χ2v) is 9.51. The molecule has 0 spiro atoms. The van der Waals surface area contributed by atoms with E-state index in [1.807, 2.05) is 43.3 Å². The van der Waals surface area contributed by atoms with Crippen LogP contribution in [0, 0.1) is 6.92 Å². The fraction of sp³-hybridized carbons (Fsp3) is 0.440. The zero-order valence-electron chi connectivity index (χ0n) is 19.5. The molecule has 3 rings (SSSR count). The van der Waals surface area contributed by atoms with Gasteiger partial charge in [-0.1, -0.05) is 68.8 Å². The van der Waals surface area contributed by atoms with Gasteiger partial charge in [0.1, 0.15) is 5.75 Å². The van der Waals surface area contributed by atoms with E-state index in [9.17, 15) is 4.79 Å². The minimum absolute atomic E-state index is 0.0398. The van der Waals surface area contributed by atoms with Crippen molar-refractivity contribution in [2.75, 3.05) is 37.7 Å². The summed E-state index contributed by atoms with van der Waals surface area (Å²) in [4.78, 5) is 22.0. The minimum Gasteiger partial charge on any atom is -0.484 e. The fourth-order valence-corrected chi connectivity index (χ4v) is 4.85. The zero-order chi connectivity index (χ0) is 23.3. The van der Waals surface area contributed by atoms with Crippen molar-refractivity contribution >= 4 is 44.2 Å². The maximum atomic E-state index is 13.2. The molecule has 0 bridgehead atoms. The quantitative estimate of drug-likeness (QED) is 0.355. The first-order valence-electron chi connectivity index (χ1n) is 11.1. The summed E-state index contributed by atoms with van der Waals surface area (Å²) < 4.78 is 6.74. The molecule has 0 saturated heterocycles. The molecular formula is C25H32ClN3O2S. The number of benzene rings is 2. The molecule has 0 unspecified atom stereocenters. The summed E-state index contributed by atoms with van der Waals surface area (Å²) in [7, 11) is 0. The lowest BCUT2D eigenvalue weighted by Crippen LogP contribution is -2.41. The van der Waals surface area contributed by atoms with Crippen molar-refractivity contribution in [3.05, 3.63) is 52.5 Å². The van der Waals surface area contributed by atoms with Gasteiger partial charge in [-0.3, -0.25) is 9.69 Å². The Labute approximate surface area is 200 Å². The number of ether oxygens (including phenoxy) is 1. The van der Waals surface area contributed by atoms with Gasteiger partial charge in [-0.2, -0.15) is 0 Å². The number of aryl methyl sites for hydroxylation is 1. The minimum atomic E-state index is -0.113. The number of thiazole rings is 1. The lowest BCUT2D eigenvalue weighted by molar-refractivity contribution is -0.120. The molecule has 5 nitrogen and oxygen atoms in total. The summed E-state index contributed by atoms with van der Waals surface area (Å²) in [5, 5.41) is 1.32. The molecule has 1 amide bonds. The molecule has 2 aromatic carbocycles. The van der Waals surface area contributed by atoms with Crippen molar-refractivity contribution < 1.29 is 9.53 Å². The van der Waals surface area contributed by atoms with E-state index in [0.717, 1.165) is 35.4 Å². The van der Waals surface area contributed by atoms with Gasteiger partial charge < -0.3 is 9.64 Å². The monoisotopic (exact) mass is 473 g/mol. The third-order valence-electron chi connectivity index (χ3n) is 5.66. The van der Waals surface area contributed by atoms with Crippen molar-refractivity contribution in [3.8, 4) is 5.75 Å². The Morgan fingerprint density at radius 1 is 1.09 bits per heavy atom. The Morgan fingerprint density at radius 3 is 2.38 bits per heavy atom. The Morgan fingerprint density at radius 2 is 1.78 bits per heavy atom. The van der Waals surface area contributed by atoms with E-state index in [4.69, 9.17) is 21.3 Å². The van der Waals surface area contributed by atoms with Crippen molar-refractivity contribution in [1.29, 1.82) is 0 Å². The molecule has 0 aliphatic heterocycles. The van der Waals surface area contributed by atoms with Crippen LogP contribution in [-0.2, 0) is 4.79 Å². The van der Waals surface area contributed by atoms with Crippen molar-refractivity contribution in [1.82, 2.24) is 9.88 Å². The average Bonchev–Trinajstić information content (AvgIpc) is 3.24. The predicted molar refractivity (Wildman–Crippen MR) is 136 cm³/mol. The smallest absolute Gasteiger partial charge is 0.266 e. The summed E-state index contributed by atoms with van der Waals surface area (Å²) in [6.07, 6.45) is 0. The third kappa shape index (κ3) is 5.80. The van der Waals surface area contributed by atoms with Crippen LogP contribution in [-0.4, -0.2) is 48.6 Å². The van der Waals surface area contributed by atoms with E-state index in [1.54, 1.807) is 4.90 Å². The molecule has 0 fully saturated rings. The number of likely N-dealkylation sites (N-methyl/N-ethyl adjacent to an activating group) is 1. The number of carbonyl (C=O) groups is 1. The standard InChI is InChI=1S/C25H32ClN3O2S/c1-6-28(7-2)14-15-29(25-27-23-18(5)8-13-21(26)24(23)32-25)22(30)16-31-20-11-9-19(10-12-20)17(3)4/h8-13,17H,6-7,14-16H2,1-5H3. The van der Waals surface area contributed by atoms with Crippen LogP contribution >= 0.6 is 22.9 Å². The van der Waals surface area contributed by atoms with E-state index in [2.05, 4.69) is 32.6 Å². The highest BCUT2D eigenvalue weighted by Gasteiger charge is 2.22. The Kier molecular flexibility index (Phi) is 8.51. The lowest BCUT2D eigenvalue weighted by atomic mass is 10.0. The number of aromatic nitrogens is 1. The van der Waals surface area contributed by atoms with Crippen LogP contribution in [0.5, 0.6) is 5.75 Å². The van der Waals surface area contributed by atoms with Gasteiger partial charge in [0.05, 0.1) is 15.2 Å². The predicted octanol–water partition coefficient (Wildman–Crippen LogP) is 6.14. The number of halogens is 1. The van der Waals surface area contributed by atoms with Crippen molar-refractivity contribution in [2.24, 2.45) is 0 Å². The molecular weight excluding hydrogens is 442 g/mol. The summed E-state index contributed by atoms with van der Waals surface area (Å²) in [6.45, 7) is 13.7. The van der Waals surface area contributed by atoms with Crippen molar-refractivity contribution in [2.45, 2.75) is 40.5 Å². The third-order valence-corrected chi connectivity index (χ3v) is 7.20. The Balaban J connectivity index is 1.81.